The van der Waals surface area contributed by atoms with Crippen LogP contribution in [0, 0.1) is 6.92 Å². The van der Waals surface area contributed by atoms with Gasteiger partial charge in [0.05, 0.1) is 24.7 Å². The van der Waals surface area contributed by atoms with Gasteiger partial charge in [0.15, 0.2) is 5.82 Å². The molecule has 0 saturated heterocycles. The smallest absolute Gasteiger partial charge is 0.271 e. The van der Waals surface area contributed by atoms with Gasteiger partial charge < -0.3 is 4.74 Å². The predicted octanol–water partition coefficient (Wildman–Crippen LogP) is 4.83. The number of fused-ring (bicyclic) bond motifs is 1. The SMILES string of the molecule is COc1cccc(/C=N/NC(=O)c2ccc(N=Nc3c(C)nc4ccccn34)cc2)c1. The lowest BCUT2D eigenvalue weighted by Crippen LogP contribution is -2.17. The Hall–Kier alpha value is -4.33. The summed E-state index contributed by atoms with van der Waals surface area (Å²) < 4.78 is 7.04. The van der Waals surface area contributed by atoms with Gasteiger partial charge in [-0.15, -0.1) is 10.2 Å². The number of benzene rings is 2. The normalized spacial score (nSPS) is 11.4. The van der Waals surface area contributed by atoms with Crippen molar-refractivity contribution in [2.24, 2.45) is 15.3 Å². The summed E-state index contributed by atoms with van der Waals surface area (Å²) in [5, 5.41) is 12.6. The van der Waals surface area contributed by atoms with Crippen molar-refractivity contribution in [3.63, 3.8) is 0 Å². The van der Waals surface area contributed by atoms with Crippen LogP contribution in [-0.4, -0.2) is 28.6 Å². The summed E-state index contributed by atoms with van der Waals surface area (Å²) in [6.07, 6.45) is 3.45. The molecule has 154 valence electrons. The summed E-state index contributed by atoms with van der Waals surface area (Å²) in [5.41, 5.74) is 6.03. The summed E-state index contributed by atoms with van der Waals surface area (Å²) in [7, 11) is 1.60. The predicted molar refractivity (Wildman–Crippen MR) is 119 cm³/mol. The minimum Gasteiger partial charge on any atom is -0.497 e. The number of methoxy groups -OCH3 is 1. The standard InChI is InChI=1S/C23H20N6O2/c1-16-22(29-13-4-3-8-21(29)25-16)27-26-19-11-9-18(10-12-19)23(30)28-24-15-17-6-5-7-20(14-17)31-2/h3-15H,1-2H3,(H,28,30)/b24-15+,27-26?. The number of pyridine rings is 1. The van der Waals surface area contributed by atoms with E-state index >= 15 is 0 Å². The van der Waals surface area contributed by atoms with Gasteiger partial charge in [-0.3, -0.25) is 9.20 Å². The van der Waals surface area contributed by atoms with E-state index in [4.69, 9.17) is 4.74 Å². The van der Waals surface area contributed by atoms with Crippen molar-refractivity contribution in [3.8, 4) is 5.75 Å². The third kappa shape index (κ3) is 4.64. The Bertz CT molecular complexity index is 1270. The summed E-state index contributed by atoms with van der Waals surface area (Å²) in [6.45, 7) is 1.89. The zero-order valence-electron chi connectivity index (χ0n) is 17.1. The second-order valence-corrected chi connectivity index (χ2v) is 6.67. The second-order valence-electron chi connectivity index (χ2n) is 6.67. The molecule has 8 heteroatoms. The van der Waals surface area contributed by atoms with E-state index in [0.29, 0.717) is 17.1 Å². The van der Waals surface area contributed by atoms with Crippen molar-refractivity contribution >= 4 is 29.3 Å². The number of rotatable bonds is 6. The molecule has 1 amide bonds. The van der Waals surface area contributed by atoms with Crippen molar-refractivity contribution in [2.45, 2.75) is 6.92 Å². The van der Waals surface area contributed by atoms with Gasteiger partial charge in [0.2, 0.25) is 0 Å². The number of aromatic nitrogens is 2. The molecule has 8 nitrogen and oxygen atoms in total. The molecule has 0 aliphatic carbocycles. The lowest BCUT2D eigenvalue weighted by atomic mass is 10.2. The van der Waals surface area contributed by atoms with Gasteiger partial charge in [-0.2, -0.15) is 5.10 Å². The summed E-state index contributed by atoms with van der Waals surface area (Å²) in [6, 6.07) is 19.9. The molecule has 0 atom stereocenters. The molecule has 0 fully saturated rings. The maximum Gasteiger partial charge on any atom is 0.271 e. The number of ether oxygens (including phenoxy) is 1. The zero-order chi connectivity index (χ0) is 21.6. The van der Waals surface area contributed by atoms with Crippen LogP contribution in [0.4, 0.5) is 11.5 Å². The van der Waals surface area contributed by atoms with Crippen molar-refractivity contribution in [1.29, 1.82) is 0 Å². The average molecular weight is 412 g/mol. The molecule has 0 radical (unpaired) electrons. The molecule has 2 aromatic heterocycles. The Labute approximate surface area is 178 Å². The van der Waals surface area contributed by atoms with Crippen LogP contribution in [0.15, 0.2) is 88.3 Å². The minimum atomic E-state index is -0.319. The maximum absolute atomic E-state index is 12.3. The summed E-state index contributed by atoms with van der Waals surface area (Å²) in [5.74, 6) is 1.07. The number of carbonyl (C=O) groups excluding carboxylic acids is 1. The van der Waals surface area contributed by atoms with Crippen LogP contribution in [0.3, 0.4) is 0 Å². The third-order valence-corrected chi connectivity index (χ3v) is 4.54. The molecular weight excluding hydrogens is 392 g/mol. The van der Waals surface area contributed by atoms with E-state index in [2.05, 4.69) is 25.7 Å². The van der Waals surface area contributed by atoms with Crippen LogP contribution in [0.2, 0.25) is 0 Å². The highest BCUT2D eigenvalue weighted by molar-refractivity contribution is 5.95. The number of hydrogen-bond acceptors (Lipinski definition) is 6. The fourth-order valence-corrected chi connectivity index (χ4v) is 2.96. The number of imidazole rings is 1. The van der Waals surface area contributed by atoms with Crippen LogP contribution in [-0.2, 0) is 0 Å². The molecule has 0 spiro atoms. The molecule has 4 rings (SSSR count). The van der Waals surface area contributed by atoms with Crippen LogP contribution < -0.4 is 10.2 Å². The van der Waals surface area contributed by atoms with Gasteiger partial charge in [-0.1, -0.05) is 18.2 Å². The van der Waals surface area contributed by atoms with E-state index in [1.807, 2.05) is 60.0 Å². The number of aryl methyl sites for hydroxylation is 1. The van der Waals surface area contributed by atoms with E-state index in [1.54, 1.807) is 37.6 Å². The van der Waals surface area contributed by atoms with Gasteiger partial charge in [0.25, 0.3) is 5.91 Å². The molecule has 31 heavy (non-hydrogen) atoms. The number of hydrazone groups is 1. The highest BCUT2D eigenvalue weighted by atomic mass is 16.5. The topological polar surface area (TPSA) is 92.7 Å². The number of amides is 1. The summed E-state index contributed by atoms with van der Waals surface area (Å²) >= 11 is 0. The molecule has 0 aliphatic rings. The Morgan fingerprint density at radius 3 is 2.71 bits per heavy atom. The van der Waals surface area contributed by atoms with Crippen molar-refractivity contribution < 1.29 is 9.53 Å². The van der Waals surface area contributed by atoms with Gasteiger partial charge >= 0.3 is 0 Å². The van der Waals surface area contributed by atoms with Crippen molar-refractivity contribution in [3.05, 3.63) is 89.7 Å². The largest absolute Gasteiger partial charge is 0.497 e. The molecular formula is C23H20N6O2. The zero-order valence-corrected chi connectivity index (χ0v) is 17.1. The molecule has 0 saturated carbocycles. The van der Waals surface area contributed by atoms with Gasteiger partial charge in [-0.25, -0.2) is 10.4 Å². The Kier molecular flexibility index (Phi) is 5.79. The molecule has 4 aromatic rings. The van der Waals surface area contributed by atoms with Gasteiger partial charge in [-0.05, 0) is 61.0 Å². The molecule has 2 heterocycles. The van der Waals surface area contributed by atoms with Crippen LogP contribution in [0.5, 0.6) is 5.75 Å². The molecule has 2 aromatic carbocycles. The molecule has 0 aliphatic heterocycles. The van der Waals surface area contributed by atoms with Crippen LogP contribution in [0.1, 0.15) is 21.6 Å². The fourth-order valence-electron chi connectivity index (χ4n) is 2.96. The van der Waals surface area contributed by atoms with E-state index in [1.165, 1.54) is 0 Å². The monoisotopic (exact) mass is 412 g/mol. The Morgan fingerprint density at radius 2 is 1.90 bits per heavy atom. The van der Waals surface area contributed by atoms with Crippen LogP contribution >= 0.6 is 0 Å². The number of nitrogens with one attached hydrogen (secondary N) is 1. The highest BCUT2D eigenvalue weighted by Gasteiger charge is 2.07. The third-order valence-electron chi connectivity index (χ3n) is 4.54. The minimum absolute atomic E-state index is 0.319. The molecule has 0 bridgehead atoms. The summed E-state index contributed by atoms with van der Waals surface area (Å²) in [4.78, 5) is 16.7. The van der Waals surface area contributed by atoms with Crippen molar-refractivity contribution in [1.82, 2.24) is 14.8 Å². The first-order valence-electron chi connectivity index (χ1n) is 9.57. The number of hydrogen-bond donors (Lipinski definition) is 1. The number of azo groups is 1. The lowest BCUT2D eigenvalue weighted by molar-refractivity contribution is 0.0955. The van der Waals surface area contributed by atoms with E-state index in [9.17, 15) is 4.79 Å². The molecule has 0 unspecified atom stereocenters. The number of carbonyl (C=O) groups is 1. The Morgan fingerprint density at radius 1 is 1.06 bits per heavy atom. The van der Waals surface area contributed by atoms with Gasteiger partial charge in [0.1, 0.15) is 11.4 Å². The maximum atomic E-state index is 12.3. The van der Waals surface area contributed by atoms with E-state index < -0.39 is 0 Å². The second kappa shape index (κ2) is 9.00. The fraction of sp³-hybridized carbons (Fsp3) is 0.0870. The first-order chi connectivity index (χ1) is 15.1. The number of nitrogens with zero attached hydrogens (tertiary/aromatic N) is 5. The first kappa shape index (κ1) is 20.0. The Balaban J connectivity index is 1.41. The highest BCUT2D eigenvalue weighted by Crippen LogP contribution is 2.23. The van der Waals surface area contributed by atoms with Crippen molar-refractivity contribution in [2.75, 3.05) is 7.11 Å². The quantitative estimate of drug-likeness (QED) is 0.279. The van der Waals surface area contributed by atoms with E-state index in [0.717, 1.165) is 22.7 Å². The van der Waals surface area contributed by atoms with Gasteiger partial charge in [0, 0.05) is 11.8 Å². The first-order valence-corrected chi connectivity index (χ1v) is 9.57. The van der Waals surface area contributed by atoms with Crippen LogP contribution in [0.25, 0.3) is 5.65 Å². The van der Waals surface area contributed by atoms with E-state index in [-0.39, 0.29) is 5.91 Å². The average Bonchev–Trinajstić information content (AvgIpc) is 3.13. The lowest BCUT2D eigenvalue weighted by Gasteiger charge is -2.01. The molecule has 1 N–H and O–H groups in total.